The van der Waals surface area contributed by atoms with Crippen LogP contribution < -0.4 is 11.1 Å². The lowest BCUT2D eigenvalue weighted by atomic mass is 10.1. The molecule has 2 heterocycles. The third kappa shape index (κ3) is 4.16. The molecular formula is C14H22N4O2. The zero-order chi connectivity index (χ0) is 14.4. The summed E-state index contributed by atoms with van der Waals surface area (Å²) in [4.78, 5) is 19.8. The molecule has 0 saturated carbocycles. The molecule has 3 N–H and O–H groups in total. The molecule has 20 heavy (non-hydrogen) atoms. The Balaban J connectivity index is 1.66. The molecule has 1 amide bonds. The van der Waals surface area contributed by atoms with E-state index in [0.717, 1.165) is 25.9 Å². The van der Waals surface area contributed by atoms with Crippen molar-refractivity contribution >= 4 is 11.9 Å². The maximum Gasteiger partial charge on any atom is 0.254 e. The number of aromatic nitrogens is 2. The van der Waals surface area contributed by atoms with Gasteiger partial charge in [-0.15, -0.1) is 0 Å². The first-order valence-electron chi connectivity index (χ1n) is 7.15. The van der Waals surface area contributed by atoms with Gasteiger partial charge in [0.2, 0.25) is 5.95 Å². The molecular weight excluding hydrogens is 256 g/mol. The number of rotatable bonds is 6. The van der Waals surface area contributed by atoms with E-state index in [1.165, 1.54) is 19.0 Å². The second-order valence-electron chi connectivity index (χ2n) is 5.11. The summed E-state index contributed by atoms with van der Waals surface area (Å²) in [5.41, 5.74) is 6.55. The fraction of sp³-hybridized carbons (Fsp3) is 0.643. The van der Waals surface area contributed by atoms with Crippen LogP contribution in [0.5, 0.6) is 0 Å². The number of hydrogen-bond donors (Lipinski definition) is 2. The molecule has 0 spiro atoms. The monoisotopic (exact) mass is 278 g/mol. The lowest BCUT2D eigenvalue weighted by molar-refractivity contribution is 0.0946. The van der Waals surface area contributed by atoms with Crippen LogP contribution >= 0.6 is 0 Å². The van der Waals surface area contributed by atoms with E-state index < -0.39 is 0 Å². The van der Waals surface area contributed by atoms with Crippen molar-refractivity contribution in [1.29, 1.82) is 0 Å². The Hall–Kier alpha value is -1.69. The van der Waals surface area contributed by atoms with E-state index in [1.54, 1.807) is 6.92 Å². The number of carbonyl (C=O) groups excluding carboxylic acids is 1. The van der Waals surface area contributed by atoms with E-state index in [1.807, 2.05) is 0 Å². The van der Waals surface area contributed by atoms with Gasteiger partial charge in [-0.3, -0.25) is 4.79 Å². The fourth-order valence-corrected chi connectivity index (χ4v) is 2.37. The molecule has 6 nitrogen and oxygen atoms in total. The second kappa shape index (κ2) is 7.19. The van der Waals surface area contributed by atoms with Crippen LogP contribution in [0.2, 0.25) is 0 Å². The van der Waals surface area contributed by atoms with Crippen LogP contribution in [0.4, 0.5) is 5.95 Å². The molecule has 1 saturated heterocycles. The first kappa shape index (κ1) is 14.7. The number of hydrogen-bond acceptors (Lipinski definition) is 5. The molecule has 1 fully saturated rings. The molecule has 2 rings (SSSR count). The van der Waals surface area contributed by atoms with Gasteiger partial charge in [0.05, 0.1) is 17.4 Å². The third-order valence-electron chi connectivity index (χ3n) is 3.51. The first-order chi connectivity index (χ1) is 9.66. The number of nitrogens with one attached hydrogen (secondary N) is 1. The standard InChI is InChI=1S/C14H22N4O2/c1-10-12(9-17-14(15)18-10)13(19)16-7-3-2-5-11-6-4-8-20-11/h9,11H,2-8H2,1H3,(H,16,19)(H2,15,17,18)/t11-/m1/s1. The molecule has 1 atom stereocenters. The highest BCUT2D eigenvalue weighted by atomic mass is 16.5. The van der Waals surface area contributed by atoms with Crippen molar-refractivity contribution in [2.45, 2.75) is 45.1 Å². The molecule has 1 aromatic rings. The summed E-state index contributed by atoms with van der Waals surface area (Å²) in [5.74, 6) is 0.0511. The van der Waals surface area contributed by atoms with Crippen molar-refractivity contribution in [2.24, 2.45) is 0 Å². The van der Waals surface area contributed by atoms with Crippen molar-refractivity contribution in [2.75, 3.05) is 18.9 Å². The SMILES string of the molecule is Cc1nc(N)ncc1C(=O)NCCCC[C@@H]1CCCO1. The second-order valence-corrected chi connectivity index (χ2v) is 5.11. The minimum absolute atomic E-state index is 0.139. The molecule has 0 bridgehead atoms. The molecule has 1 aliphatic heterocycles. The molecule has 0 aliphatic carbocycles. The Labute approximate surface area is 119 Å². The number of aryl methyl sites for hydroxylation is 1. The summed E-state index contributed by atoms with van der Waals surface area (Å²) in [6.45, 7) is 3.32. The van der Waals surface area contributed by atoms with Gasteiger partial charge in [0.25, 0.3) is 5.91 Å². The topological polar surface area (TPSA) is 90.1 Å². The van der Waals surface area contributed by atoms with E-state index in [9.17, 15) is 4.79 Å². The van der Waals surface area contributed by atoms with E-state index in [0.29, 0.717) is 23.9 Å². The van der Waals surface area contributed by atoms with Gasteiger partial charge >= 0.3 is 0 Å². The predicted octanol–water partition coefficient (Wildman–Crippen LogP) is 1.45. The molecule has 6 heteroatoms. The smallest absolute Gasteiger partial charge is 0.254 e. The van der Waals surface area contributed by atoms with Gasteiger partial charge in [-0.05, 0) is 39.0 Å². The Bertz CT molecular complexity index is 458. The summed E-state index contributed by atoms with van der Waals surface area (Å²) >= 11 is 0. The van der Waals surface area contributed by atoms with Gasteiger partial charge in [-0.25, -0.2) is 9.97 Å². The normalized spacial score (nSPS) is 18.1. The lowest BCUT2D eigenvalue weighted by Gasteiger charge is -2.09. The third-order valence-corrected chi connectivity index (χ3v) is 3.51. The Morgan fingerprint density at radius 1 is 1.55 bits per heavy atom. The van der Waals surface area contributed by atoms with Gasteiger partial charge in [0, 0.05) is 19.3 Å². The summed E-state index contributed by atoms with van der Waals surface area (Å²) in [7, 11) is 0. The highest BCUT2D eigenvalue weighted by molar-refractivity contribution is 5.94. The van der Waals surface area contributed by atoms with Gasteiger partial charge in [-0.1, -0.05) is 0 Å². The first-order valence-corrected chi connectivity index (χ1v) is 7.15. The zero-order valence-corrected chi connectivity index (χ0v) is 11.9. The Morgan fingerprint density at radius 2 is 2.40 bits per heavy atom. The summed E-state index contributed by atoms with van der Waals surface area (Å²) in [6, 6.07) is 0. The van der Waals surface area contributed by atoms with Gasteiger partial charge in [-0.2, -0.15) is 0 Å². The molecule has 0 aromatic carbocycles. The van der Waals surface area contributed by atoms with Gasteiger partial charge in [0.1, 0.15) is 0 Å². The Morgan fingerprint density at radius 3 is 3.10 bits per heavy atom. The van der Waals surface area contributed by atoms with E-state index >= 15 is 0 Å². The van der Waals surface area contributed by atoms with Crippen LogP contribution in [0.25, 0.3) is 0 Å². The number of unbranched alkanes of at least 4 members (excludes halogenated alkanes) is 1. The largest absolute Gasteiger partial charge is 0.378 e. The average Bonchev–Trinajstić information content (AvgIpc) is 2.91. The van der Waals surface area contributed by atoms with Crippen LogP contribution in [-0.2, 0) is 4.74 Å². The highest BCUT2D eigenvalue weighted by Crippen LogP contribution is 2.17. The van der Waals surface area contributed by atoms with Crippen molar-refractivity contribution in [3.63, 3.8) is 0 Å². The van der Waals surface area contributed by atoms with Crippen molar-refractivity contribution < 1.29 is 9.53 Å². The van der Waals surface area contributed by atoms with E-state index in [4.69, 9.17) is 10.5 Å². The van der Waals surface area contributed by atoms with Crippen molar-refractivity contribution in [1.82, 2.24) is 15.3 Å². The number of carbonyl (C=O) groups is 1. The van der Waals surface area contributed by atoms with E-state index in [2.05, 4.69) is 15.3 Å². The summed E-state index contributed by atoms with van der Waals surface area (Å²) < 4.78 is 5.56. The highest BCUT2D eigenvalue weighted by Gasteiger charge is 2.14. The number of amides is 1. The zero-order valence-electron chi connectivity index (χ0n) is 11.9. The Kier molecular flexibility index (Phi) is 5.29. The molecule has 110 valence electrons. The van der Waals surface area contributed by atoms with E-state index in [-0.39, 0.29) is 11.9 Å². The van der Waals surface area contributed by atoms with Crippen LogP contribution in [0.15, 0.2) is 6.20 Å². The van der Waals surface area contributed by atoms with Crippen LogP contribution in [0.3, 0.4) is 0 Å². The minimum Gasteiger partial charge on any atom is -0.378 e. The molecule has 1 aromatic heterocycles. The average molecular weight is 278 g/mol. The van der Waals surface area contributed by atoms with Gasteiger partial charge in [0.15, 0.2) is 0 Å². The van der Waals surface area contributed by atoms with Crippen molar-refractivity contribution in [3.8, 4) is 0 Å². The quantitative estimate of drug-likeness (QED) is 0.769. The molecule has 1 aliphatic rings. The molecule has 0 radical (unpaired) electrons. The number of nitrogens with two attached hydrogens (primary N) is 1. The van der Waals surface area contributed by atoms with Crippen LogP contribution in [0.1, 0.15) is 48.2 Å². The van der Waals surface area contributed by atoms with Gasteiger partial charge < -0.3 is 15.8 Å². The van der Waals surface area contributed by atoms with Crippen LogP contribution in [-0.4, -0.2) is 35.1 Å². The maximum atomic E-state index is 11.9. The summed E-state index contributed by atoms with van der Waals surface area (Å²) in [5, 5.41) is 2.88. The van der Waals surface area contributed by atoms with Crippen LogP contribution in [0, 0.1) is 6.92 Å². The summed E-state index contributed by atoms with van der Waals surface area (Å²) in [6.07, 6.45) is 7.37. The molecule has 0 unspecified atom stereocenters. The fourth-order valence-electron chi connectivity index (χ4n) is 2.37. The maximum absolute atomic E-state index is 11.9. The number of nitrogens with zero attached hydrogens (tertiary/aromatic N) is 2. The van der Waals surface area contributed by atoms with Crippen molar-refractivity contribution in [3.05, 3.63) is 17.5 Å². The number of ether oxygens (including phenoxy) is 1. The predicted molar refractivity (Wildman–Crippen MR) is 76.3 cm³/mol. The minimum atomic E-state index is -0.139. The number of nitrogen functional groups attached to an aromatic ring is 1. The lowest BCUT2D eigenvalue weighted by Crippen LogP contribution is -2.26. The number of anilines is 1.